The molecule has 0 aromatic rings. The van der Waals surface area contributed by atoms with Crippen LogP contribution in [0.15, 0.2) is 12.2 Å². The molecule has 0 heteroatoms. The first-order valence-electron chi connectivity index (χ1n) is 4.70. The minimum absolute atomic E-state index is 0.778. The van der Waals surface area contributed by atoms with Crippen LogP contribution in [0.5, 0.6) is 0 Å². The van der Waals surface area contributed by atoms with Crippen LogP contribution in [0.3, 0.4) is 0 Å². The predicted molar refractivity (Wildman–Crippen MR) is 52.6 cm³/mol. The third-order valence-electron chi connectivity index (χ3n) is 2.04. The van der Waals surface area contributed by atoms with Crippen molar-refractivity contribution >= 4 is 0 Å². The molecule has 0 saturated carbocycles. The van der Waals surface area contributed by atoms with Crippen molar-refractivity contribution in [2.24, 2.45) is 17.8 Å². The Morgan fingerprint density at radius 3 is 1.91 bits per heavy atom. The summed E-state index contributed by atoms with van der Waals surface area (Å²) in [4.78, 5) is 0. The summed E-state index contributed by atoms with van der Waals surface area (Å²) in [5.74, 6) is 2.38. The minimum atomic E-state index is 0.778. The van der Waals surface area contributed by atoms with E-state index in [0.29, 0.717) is 0 Å². The molecule has 0 nitrogen and oxygen atoms in total. The zero-order valence-corrected chi connectivity index (χ0v) is 8.59. The second-order valence-corrected chi connectivity index (χ2v) is 4.06. The Morgan fingerprint density at radius 1 is 1.09 bits per heavy atom. The molecule has 0 fully saturated rings. The van der Waals surface area contributed by atoms with E-state index in [-0.39, 0.29) is 0 Å². The van der Waals surface area contributed by atoms with Crippen LogP contribution in [-0.2, 0) is 0 Å². The molecule has 1 unspecified atom stereocenters. The average molecular weight is 154 g/mol. The van der Waals surface area contributed by atoms with E-state index in [1.54, 1.807) is 0 Å². The zero-order valence-electron chi connectivity index (χ0n) is 8.59. The van der Waals surface area contributed by atoms with E-state index in [4.69, 9.17) is 0 Å². The quantitative estimate of drug-likeness (QED) is 0.539. The Morgan fingerprint density at radius 2 is 1.64 bits per heavy atom. The summed E-state index contributed by atoms with van der Waals surface area (Å²) in [6.45, 7) is 11.3. The molecule has 66 valence electrons. The van der Waals surface area contributed by atoms with E-state index >= 15 is 0 Å². The van der Waals surface area contributed by atoms with Gasteiger partial charge in [0, 0.05) is 0 Å². The third kappa shape index (κ3) is 5.06. The van der Waals surface area contributed by atoms with Gasteiger partial charge in [0.25, 0.3) is 0 Å². The van der Waals surface area contributed by atoms with Crippen LogP contribution in [0.1, 0.15) is 41.0 Å². The van der Waals surface area contributed by atoms with Gasteiger partial charge >= 0.3 is 0 Å². The molecular weight excluding hydrogens is 132 g/mol. The van der Waals surface area contributed by atoms with E-state index in [1.165, 1.54) is 6.42 Å². The molecule has 0 amide bonds. The summed E-state index contributed by atoms with van der Waals surface area (Å²) in [5.41, 5.74) is 0. The molecule has 0 bridgehead atoms. The fourth-order valence-corrected chi connectivity index (χ4v) is 1.36. The molecule has 0 aromatic carbocycles. The summed E-state index contributed by atoms with van der Waals surface area (Å²) in [6, 6.07) is 0. The van der Waals surface area contributed by atoms with Gasteiger partial charge in [-0.25, -0.2) is 0 Å². The Hall–Kier alpha value is -0.260. The van der Waals surface area contributed by atoms with Crippen LogP contribution in [0.2, 0.25) is 0 Å². The monoisotopic (exact) mass is 154 g/mol. The van der Waals surface area contributed by atoms with Gasteiger partial charge in [-0.3, -0.25) is 0 Å². The fourth-order valence-electron chi connectivity index (χ4n) is 1.36. The van der Waals surface area contributed by atoms with E-state index < -0.39 is 0 Å². The van der Waals surface area contributed by atoms with Gasteiger partial charge in [-0.1, -0.05) is 39.8 Å². The fraction of sp³-hybridized carbons (Fsp3) is 0.818. The second kappa shape index (κ2) is 5.40. The Bertz CT molecular complexity index is 109. The molecule has 0 N–H and O–H groups in total. The topological polar surface area (TPSA) is 0 Å². The van der Waals surface area contributed by atoms with Crippen LogP contribution in [0, 0.1) is 17.8 Å². The summed E-state index contributed by atoms with van der Waals surface area (Å²) in [6.07, 6.45) is 5.83. The number of hydrogen-bond acceptors (Lipinski definition) is 0. The standard InChI is InChI=1S/C11H22/c1-6-7-11(10(4)5)8-9(2)3/h6-7,9-11H,8H2,1-5H3/b7-6-. The molecule has 0 aliphatic carbocycles. The molecule has 0 aliphatic rings. The zero-order chi connectivity index (χ0) is 8.85. The molecule has 11 heavy (non-hydrogen) atoms. The molecular formula is C11H22. The normalized spacial score (nSPS) is 15.2. The first kappa shape index (κ1) is 10.7. The van der Waals surface area contributed by atoms with Crippen molar-refractivity contribution in [1.29, 1.82) is 0 Å². The van der Waals surface area contributed by atoms with Crippen LogP contribution in [-0.4, -0.2) is 0 Å². The van der Waals surface area contributed by atoms with Crippen LogP contribution in [0.25, 0.3) is 0 Å². The maximum atomic E-state index is 2.34. The van der Waals surface area contributed by atoms with Crippen LogP contribution >= 0.6 is 0 Å². The lowest BCUT2D eigenvalue weighted by atomic mass is 9.87. The molecule has 0 aliphatic heterocycles. The minimum Gasteiger partial charge on any atom is -0.0914 e. The molecule has 0 spiro atoms. The lowest BCUT2D eigenvalue weighted by Crippen LogP contribution is -2.08. The van der Waals surface area contributed by atoms with E-state index in [2.05, 4.69) is 46.8 Å². The van der Waals surface area contributed by atoms with E-state index in [1.807, 2.05) is 0 Å². The third-order valence-corrected chi connectivity index (χ3v) is 2.04. The molecule has 0 saturated heterocycles. The summed E-state index contributed by atoms with van der Waals surface area (Å²) in [7, 11) is 0. The van der Waals surface area contributed by atoms with Crippen molar-refractivity contribution in [2.45, 2.75) is 41.0 Å². The molecule has 1 atom stereocenters. The summed E-state index contributed by atoms with van der Waals surface area (Å²) >= 11 is 0. The van der Waals surface area contributed by atoms with Crippen molar-refractivity contribution in [3.05, 3.63) is 12.2 Å². The highest BCUT2D eigenvalue weighted by atomic mass is 14.2. The van der Waals surface area contributed by atoms with Gasteiger partial charge in [0.05, 0.1) is 0 Å². The molecule has 0 rings (SSSR count). The van der Waals surface area contributed by atoms with Gasteiger partial charge in [-0.05, 0) is 31.1 Å². The molecule has 0 radical (unpaired) electrons. The maximum Gasteiger partial charge on any atom is -0.0208 e. The van der Waals surface area contributed by atoms with Crippen LogP contribution < -0.4 is 0 Å². The molecule has 0 aromatic heterocycles. The highest BCUT2D eigenvalue weighted by Gasteiger charge is 2.10. The SMILES string of the molecule is C/C=C\C(CC(C)C)C(C)C. The Labute approximate surface area is 71.7 Å². The first-order valence-corrected chi connectivity index (χ1v) is 4.70. The van der Waals surface area contributed by atoms with Crippen LogP contribution in [0.4, 0.5) is 0 Å². The van der Waals surface area contributed by atoms with Gasteiger partial charge < -0.3 is 0 Å². The van der Waals surface area contributed by atoms with Gasteiger partial charge in [0.2, 0.25) is 0 Å². The predicted octanol–water partition coefficient (Wildman–Crippen LogP) is 3.88. The van der Waals surface area contributed by atoms with E-state index in [9.17, 15) is 0 Å². The number of hydrogen-bond donors (Lipinski definition) is 0. The van der Waals surface area contributed by atoms with Gasteiger partial charge in [0.1, 0.15) is 0 Å². The smallest absolute Gasteiger partial charge is 0.0208 e. The first-order chi connectivity index (χ1) is 5.07. The van der Waals surface area contributed by atoms with Gasteiger partial charge in [-0.15, -0.1) is 0 Å². The van der Waals surface area contributed by atoms with Crippen molar-refractivity contribution < 1.29 is 0 Å². The second-order valence-electron chi connectivity index (χ2n) is 4.06. The number of allylic oxidation sites excluding steroid dienone is 2. The van der Waals surface area contributed by atoms with Gasteiger partial charge in [0.15, 0.2) is 0 Å². The lowest BCUT2D eigenvalue weighted by Gasteiger charge is -2.18. The van der Waals surface area contributed by atoms with Crippen molar-refractivity contribution in [1.82, 2.24) is 0 Å². The summed E-state index contributed by atoms with van der Waals surface area (Å²) < 4.78 is 0. The largest absolute Gasteiger partial charge is 0.0914 e. The molecule has 0 heterocycles. The highest BCUT2D eigenvalue weighted by Crippen LogP contribution is 2.21. The lowest BCUT2D eigenvalue weighted by molar-refractivity contribution is 0.380. The average Bonchev–Trinajstić information content (AvgIpc) is 1.86. The Kier molecular flexibility index (Phi) is 5.27. The van der Waals surface area contributed by atoms with Crippen molar-refractivity contribution in [3.8, 4) is 0 Å². The Balaban J connectivity index is 3.89. The summed E-state index contributed by atoms with van der Waals surface area (Å²) in [5, 5.41) is 0. The van der Waals surface area contributed by atoms with Crippen molar-refractivity contribution in [3.63, 3.8) is 0 Å². The maximum absolute atomic E-state index is 2.34. The van der Waals surface area contributed by atoms with Crippen molar-refractivity contribution in [2.75, 3.05) is 0 Å². The number of rotatable bonds is 4. The van der Waals surface area contributed by atoms with E-state index in [0.717, 1.165) is 17.8 Å². The van der Waals surface area contributed by atoms with Gasteiger partial charge in [-0.2, -0.15) is 0 Å². The highest BCUT2D eigenvalue weighted by molar-refractivity contribution is 4.87.